The van der Waals surface area contributed by atoms with E-state index in [0.29, 0.717) is 5.69 Å². The van der Waals surface area contributed by atoms with E-state index < -0.39 is 0 Å². The van der Waals surface area contributed by atoms with Crippen LogP contribution in [0.4, 0.5) is 5.69 Å². The van der Waals surface area contributed by atoms with Gasteiger partial charge in [0.25, 0.3) is 5.91 Å². The number of benzene rings is 1. The highest BCUT2D eigenvalue weighted by Crippen LogP contribution is 2.26. The molecule has 1 aliphatic carbocycles. The summed E-state index contributed by atoms with van der Waals surface area (Å²) in [7, 11) is 1.92. The van der Waals surface area contributed by atoms with Gasteiger partial charge in [-0.15, -0.1) is 0 Å². The summed E-state index contributed by atoms with van der Waals surface area (Å²) in [4.78, 5) is 12.5. The Morgan fingerprint density at radius 1 is 1.30 bits per heavy atom. The van der Waals surface area contributed by atoms with Crippen LogP contribution in [-0.2, 0) is 19.9 Å². The molecule has 1 amide bonds. The quantitative estimate of drug-likeness (QED) is 0.911. The summed E-state index contributed by atoms with van der Waals surface area (Å²) in [5, 5.41) is 7.38. The topological polar surface area (TPSA) is 46.9 Å². The van der Waals surface area contributed by atoms with E-state index >= 15 is 0 Å². The van der Waals surface area contributed by atoms with E-state index in [2.05, 4.69) is 10.4 Å². The van der Waals surface area contributed by atoms with Crippen molar-refractivity contribution in [2.24, 2.45) is 7.05 Å². The molecule has 0 saturated carbocycles. The fourth-order valence-corrected chi connectivity index (χ4v) is 2.86. The summed E-state index contributed by atoms with van der Waals surface area (Å²) in [5.74, 6) is -0.0996. The number of nitrogens with zero attached hydrogens (tertiary/aromatic N) is 2. The van der Waals surface area contributed by atoms with Crippen LogP contribution >= 0.6 is 0 Å². The Bertz CT molecular complexity index is 685. The van der Waals surface area contributed by atoms with Gasteiger partial charge in [-0.3, -0.25) is 9.48 Å². The first-order valence-corrected chi connectivity index (χ1v) is 7.00. The largest absolute Gasteiger partial charge is 0.320 e. The molecule has 1 N–H and O–H groups in total. The zero-order chi connectivity index (χ0) is 14.3. The number of hydrogen-bond donors (Lipinski definition) is 1. The van der Waals surface area contributed by atoms with Crippen LogP contribution in [0.5, 0.6) is 0 Å². The van der Waals surface area contributed by atoms with E-state index in [1.54, 1.807) is 0 Å². The van der Waals surface area contributed by atoms with Crippen molar-refractivity contribution in [3.63, 3.8) is 0 Å². The maximum atomic E-state index is 12.5. The van der Waals surface area contributed by atoms with Crippen LogP contribution < -0.4 is 5.32 Å². The number of anilines is 1. The first kappa shape index (κ1) is 12.9. The molecule has 0 unspecified atom stereocenters. The van der Waals surface area contributed by atoms with Crippen LogP contribution in [0.2, 0.25) is 0 Å². The highest BCUT2D eigenvalue weighted by molar-refractivity contribution is 6.04. The molecule has 1 aromatic carbocycles. The van der Waals surface area contributed by atoms with Crippen molar-refractivity contribution in [1.82, 2.24) is 9.78 Å². The molecule has 20 heavy (non-hydrogen) atoms. The number of nitrogens with one attached hydrogen (secondary N) is 1. The van der Waals surface area contributed by atoms with Gasteiger partial charge in [0.15, 0.2) is 5.69 Å². The molecule has 0 aliphatic heterocycles. The molecular weight excluding hydrogens is 250 g/mol. The number of carbonyl (C=O) groups excluding carboxylic acids is 1. The Labute approximate surface area is 118 Å². The normalized spacial score (nSPS) is 13.3. The minimum Gasteiger partial charge on any atom is -0.320 e. The van der Waals surface area contributed by atoms with E-state index in [1.807, 2.05) is 43.8 Å². The third-order valence-electron chi connectivity index (χ3n) is 4.18. The summed E-state index contributed by atoms with van der Waals surface area (Å²) < 4.78 is 1.85. The van der Waals surface area contributed by atoms with E-state index in [1.165, 1.54) is 11.3 Å². The first-order chi connectivity index (χ1) is 9.58. The number of hydrogen-bond acceptors (Lipinski definition) is 2. The number of amides is 1. The van der Waals surface area contributed by atoms with Gasteiger partial charge in [-0.1, -0.05) is 12.1 Å². The number of rotatable bonds is 2. The van der Waals surface area contributed by atoms with Crippen LogP contribution in [0.15, 0.2) is 18.2 Å². The number of carbonyl (C=O) groups is 1. The highest BCUT2D eigenvalue weighted by atomic mass is 16.2. The zero-order valence-electron chi connectivity index (χ0n) is 12.2. The summed E-state index contributed by atoms with van der Waals surface area (Å²) in [6, 6.07) is 5.94. The molecular formula is C16H19N3O. The lowest BCUT2D eigenvalue weighted by Crippen LogP contribution is -2.15. The Kier molecular flexibility index (Phi) is 3.08. The minimum absolute atomic E-state index is 0.0996. The van der Waals surface area contributed by atoms with Gasteiger partial charge in [0, 0.05) is 24.0 Å². The van der Waals surface area contributed by atoms with Gasteiger partial charge in [0.1, 0.15) is 0 Å². The Hall–Kier alpha value is -2.10. The van der Waals surface area contributed by atoms with Crippen LogP contribution in [0.3, 0.4) is 0 Å². The lowest BCUT2D eigenvalue weighted by atomic mass is 10.1. The molecule has 4 heteroatoms. The van der Waals surface area contributed by atoms with Gasteiger partial charge in [-0.2, -0.15) is 5.10 Å². The average Bonchev–Trinajstić information content (AvgIpc) is 2.99. The SMILES string of the molecule is Cc1cccc(NC(=O)c2nn(C)c3c2CCC3)c1C. The van der Waals surface area contributed by atoms with Crippen molar-refractivity contribution in [2.75, 3.05) is 5.32 Å². The second-order valence-corrected chi connectivity index (χ2v) is 5.45. The second-order valence-electron chi connectivity index (χ2n) is 5.45. The molecule has 3 rings (SSSR count). The summed E-state index contributed by atoms with van der Waals surface area (Å²) >= 11 is 0. The van der Waals surface area contributed by atoms with Crippen molar-refractivity contribution in [3.05, 3.63) is 46.3 Å². The zero-order valence-corrected chi connectivity index (χ0v) is 12.2. The van der Waals surface area contributed by atoms with E-state index in [4.69, 9.17) is 0 Å². The van der Waals surface area contributed by atoms with E-state index in [9.17, 15) is 4.79 Å². The highest BCUT2D eigenvalue weighted by Gasteiger charge is 2.25. The molecule has 0 fully saturated rings. The molecule has 0 saturated heterocycles. The van der Waals surface area contributed by atoms with Gasteiger partial charge in [0.05, 0.1) is 0 Å². The van der Waals surface area contributed by atoms with Crippen molar-refractivity contribution < 1.29 is 4.79 Å². The number of aryl methyl sites for hydroxylation is 2. The average molecular weight is 269 g/mol. The van der Waals surface area contributed by atoms with E-state index in [0.717, 1.165) is 36.1 Å². The van der Waals surface area contributed by atoms with E-state index in [-0.39, 0.29) is 5.91 Å². The number of fused-ring (bicyclic) bond motifs is 1. The summed E-state index contributed by atoms with van der Waals surface area (Å²) in [6.07, 6.45) is 3.10. The molecule has 0 spiro atoms. The molecule has 1 aliphatic rings. The molecule has 1 heterocycles. The Morgan fingerprint density at radius 3 is 2.90 bits per heavy atom. The molecule has 1 aromatic heterocycles. The monoisotopic (exact) mass is 269 g/mol. The fourth-order valence-electron chi connectivity index (χ4n) is 2.86. The van der Waals surface area contributed by atoms with Crippen LogP contribution in [-0.4, -0.2) is 15.7 Å². The summed E-state index contributed by atoms with van der Waals surface area (Å²) in [5.41, 5.74) is 6.06. The lowest BCUT2D eigenvalue weighted by Gasteiger charge is -2.09. The second kappa shape index (κ2) is 4.78. The van der Waals surface area contributed by atoms with Crippen molar-refractivity contribution >= 4 is 11.6 Å². The summed E-state index contributed by atoms with van der Waals surface area (Å²) in [6.45, 7) is 4.07. The minimum atomic E-state index is -0.0996. The van der Waals surface area contributed by atoms with Crippen molar-refractivity contribution in [2.45, 2.75) is 33.1 Å². The van der Waals surface area contributed by atoms with Gasteiger partial charge < -0.3 is 5.32 Å². The van der Waals surface area contributed by atoms with Crippen LogP contribution in [0.1, 0.15) is 39.3 Å². The predicted molar refractivity (Wildman–Crippen MR) is 79.1 cm³/mol. The maximum Gasteiger partial charge on any atom is 0.276 e. The lowest BCUT2D eigenvalue weighted by molar-refractivity contribution is 0.102. The standard InChI is InChI=1S/C16H19N3O/c1-10-6-4-8-13(11(10)2)17-16(20)15-12-7-5-9-14(12)19(3)18-15/h4,6,8H,5,7,9H2,1-3H3,(H,17,20). The third-order valence-corrected chi connectivity index (χ3v) is 4.18. The maximum absolute atomic E-state index is 12.5. The molecule has 2 aromatic rings. The smallest absolute Gasteiger partial charge is 0.276 e. The molecule has 0 bridgehead atoms. The van der Waals surface area contributed by atoms with Crippen LogP contribution in [0.25, 0.3) is 0 Å². The molecule has 0 atom stereocenters. The van der Waals surface area contributed by atoms with Crippen LogP contribution in [0, 0.1) is 13.8 Å². The molecule has 4 nitrogen and oxygen atoms in total. The Balaban J connectivity index is 1.91. The van der Waals surface area contributed by atoms with Crippen molar-refractivity contribution in [3.8, 4) is 0 Å². The fraction of sp³-hybridized carbons (Fsp3) is 0.375. The van der Waals surface area contributed by atoms with Gasteiger partial charge in [0.2, 0.25) is 0 Å². The Morgan fingerprint density at radius 2 is 2.10 bits per heavy atom. The van der Waals surface area contributed by atoms with Gasteiger partial charge in [-0.25, -0.2) is 0 Å². The molecule has 0 radical (unpaired) electrons. The van der Waals surface area contributed by atoms with Crippen molar-refractivity contribution in [1.29, 1.82) is 0 Å². The van der Waals surface area contributed by atoms with Gasteiger partial charge >= 0.3 is 0 Å². The number of aromatic nitrogens is 2. The van der Waals surface area contributed by atoms with Gasteiger partial charge in [-0.05, 0) is 50.3 Å². The first-order valence-electron chi connectivity index (χ1n) is 7.00. The third kappa shape index (κ3) is 2.01. The predicted octanol–water partition coefficient (Wildman–Crippen LogP) is 2.78. The molecule has 104 valence electrons.